The largest absolute Gasteiger partial charge is 0.334 e. The molecule has 28 rings (SSSR count). The van der Waals surface area contributed by atoms with E-state index in [1.54, 1.807) is 0 Å². The summed E-state index contributed by atoms with van der Waals surface area (Å²) in [7, 11) is 0. The van der Waals surface area contributed by atoms with Gasteiger partial charge in [-0.05, 0) is 438 Å². The normalized spacial score (nSPS) is 23.1. The summed E-state index contributed by atoms with van der Waals surface area (Å²) in [6.45, 7) is 28.7. The van der Waals surface area contributed by atoms with Crippen molar-refractivity contribution in [3.05, 3.63) is 407 Å². The first kappa shape index (κ1) is 92.0. The molecule has 8 atom stereocenters. The average Bonchev–Trinajstić information content (AvgIpc) is 1.57. The molecule has 0 amide bonds. The van der Waals surface area contributed by atoms with Crippen molar-refractivity contribution >= 4 is 132 Å². The van der Waals surface area contributed by atoms with Crippen LogP contribution in [0.3, 0.4) is 0 Å². The molecular weight excluding hydrogens is 1810 g/mol. The van der Waals surface area contributed by atoms with Gasteiger partial charge in [-0.2, -0.15) is 0 Å². The molecule has 4 aliphatic heterocycles. The lowest BCUT2D eigenvalue weighted by Gasteiger charge is -2.50. The first-order chi connectivity index (χ1) is 71.6. The summed E-state index contributed by atoms with van der Waals surface area (Å²) in [4.78, 5) is 9.97. The molecule has 0 spiro atoms. The number of hydrogen-bond acceptors (Lipinski definition) is 4. The van der Waals surface area contributed by atoms with Crippen LogP contribution >= 0.6 is 0 Å². The molecule has 8 heteroatoms. The van der Waals surface area contributed by atoms with Crippen LogP contribution in [0.4, 0.5) is 63.1 Å². The van der Waals surface area contributed by atoms with Gasteiger partial charge in [0.05, 0.1) is 22.2 Å². The zero-order valence-electron chi connectivity index (χ0n) is 86.9. The fourth-order valence-electron chi connectivity index (χ4n) is 31.2. The number of fused-ring (bicyclic) bond motifs is 22. The number of aryl methyl sites for hydroxylation is 4. The highest BCUT2D eigenvalue weighted by Gasteiger charge is 2.62. The van der Waals surface area contributed by atoms with Gasteiger partial charge in [0.25, 0.3) is 0 Å². The molecule has 4 fully saturated rings. The van der Waals surface area contributed by atoms with Crippen LogP contribution in [-0.2, 0) is 21.7 Å². The smallest absolute Gasteiger partial charge is 0.128 e. The minimum Gasteiger partial charge on any atom is -0.334 e. The zero-order valence-corrected chi connectivity index (χ0v) is 86.9. The predicted octanol–water partition coefficient (Wildman–Crippen LogP) is 39.4. The summed E-state index contributed by atoms with van der Waals surface area (Å²) >= 11 is 0. The SMILES string of the molecule is CC12CCCCC1(C)N(c1cc(F)cc(F)c1)c1ccc(-c3c4ccccc4c(-c4ccc5c(c4)C4(C)CCCCC4(C)N5c4cc(F)cc(F)c4)c4cc5c(cc34)c(-c3ccccc3)cc3ccccc35)cc12.Cc1cc(C)cc(N2c3ccc(-c4c5ccccc5c(-c5ccc6c(c5)C5(C)CCCCC5(C)N6c5cc(C)cc(C)c5)c5cc6c(cc45)c(-c4ccccc4)cc4ccccc46)cc3C3(C)CCCCC23C)c1. The standard InChI is InChI=1S/C72H68N2.C68H56F4N2/c1-45-34-46(2)37-53(36-45)73-65-28-26-51(41-63(65)69(5)30-16-18-32-71(69,73)7)67-56-24-14-15-25-57(56)68(62-44-60-58(49-20-10-9-11-21-49)40-50-22-12-13-23-55(50)59(60)43-61(62)67)52-27-29-66-64(42-52)70(6)31-17-19-33-72(70,8)74(66)54-38-47(3)35-48(4)39-54;1-65-26-12-14-28-67(65,3)73(49-35-45(69)33-46(70)36-49)61-24-22-43(31-59(61)65)63-52-20-10-11-21-53(52)64(58-40-56-54(41-16-6-5-7-17-41)30-42-18-8-9-19-51(42)55(56)39-57(58)63)44-23-25-62-60(32-44)66(2)27-13-15-29-68(66,4)74(62)50-37-47(71)34-48(72)38-50/h9-15,20-29,34-44H,16-19,30-33H2,1-8H3;5-11,16-25,30-40H,12-15,26-29H2,1-4H3. The molecule has 4 nitrogen and oxygen atoms in total. The summed E-state index contributed by atoms with van der Waals surface area (Å²) < 4.78 is 60.7. The first-order valence-corrected chi connectivity index (χ1v) is 54.2. The van der Waals surface area contributed by atoms with Crippen LogP contribution in [0.15, 0.2) is 340 Å². The molecule has 8 unspecified atom stereocenters. The third kappa shape index (κ3) is 13.3. The highest BCUT2D eigenvalue weighted by molar-refractivity contribution is 6.30. The van der Waals surface area contributed by atoms with Gasteiger partial charge in [0.1, 0.15) is 23.3 Å². The van der Waals surface area contributed by atoms with Crippen LogP contribution in [0.25, 0.3) is 153 Å². The van der Waals surface area contributed by atoms with Crippen molar-refractivity contribution in [1.82, 2.24) is 0 Å². The molecule has 0 N–H and O–H groups in total. The Hall–Kier alpha value is -14.6. The Morgan fingerprint density at radius 1 is 0.189 bits per heavy atom. The lowest BCUT2D eigenvalue weighted by Crippen LogP contribution is -2.54. The molecule has 0 saturated heterocycles. The topological polar surface area (TPSA) is 13.0 Å². The van der Waals surface area contributed by atoms with E-state index in [1.807, 2.05) is 0 Å². The van der Waals surface area contributed by atoms with Gasteiger partial charge in [0, 0.05) is 79.3 Å². The lowest BCUT2D eigenvalue weighted by molar-refractivity contribution is 0.195. The molecule has 4 saturated carbocycles. The van der Waals surface area contributed by atoms with E-state index in [2.05, 4.69) is 406 Å². The van der Waals surface area contributed by atoms with Crippen molar-refractivity contribution in [2.45, 2.75) is 230 Å². The van der Waals surface area contributed by atoms with Gasteiger partial charge >= 0.3 is 0 Å². The molecule has 0 bridgehead atoms. The fraction of sp³-hybridized carbons (Fsp3) is 0.257. The number of nitrogens with zero attached hydrogens (tertiary/aromatic N) is 4. The number of benzene rings is 20. The average molecular weight is 1940 g/mol. The molecule has 0 aromatic heterocycles. The summed E-state index contributed by atoms with van der Waals surface area (Å²) in [5.41, 5.74) is 32.1. The summed E-state index contributed by atoms with van der Waals surface area (Å²) in [6, 6.07) is 124. The number of hydrogen-bond donors (Lipinski definition) is 0. The van der Waals surface area contributed by atoms with Gasteiger partial charge in [-0.3, -0.25) is 0 Å². The minimum absolute atomic E-state index is 0.0214. The Bertz CT molecular complexity index is 8450. The van der Waals surface area contributed by atoms with Gasteiger partial charge in [0.2, 0.25) is 0 Å². The predicted molar refractivity (Wildman–Crippen MR) is 616 cm³/mol. The quantitative estimate of drug-likeness (QED) is 0.0768. The van der Waals surface area contributed by atoms with Crippen LogP contribution in [0.2, 0.25) is 0 Å². The van der Waals surface area contributed by atoms with E-state index in [1.165, 1.54) is 236 Å². The van der Waals surface area contributed by atoms with Gasteiger partial charge in [-0.1, -0.05) is 273 Å². The second-order valence-corrected chi connectivity index (χ2v) is 47.0. The van der Waals surface area contributed by atoms with E-state index in [0.29, 0.717) is 11.4 Å². The van der Waals surface area contributed by atoms with Gasteiger partial charge < -0.3 is 19.6 Å². The lowest BCUT2D eigenvalue weighted by atomic mass is 9.61. The number of halogens is 4. The fourth-order valence-corrected chi connectivity index (χ4v) is 31.2. The molecule has 20 aromatic rings. The summed E-state index contributed by atoms with van der Waals surface area (Å²) in [6.07, 6.45) is 17.6. The Kier molecular flexibility index (Phi) is 20.8. The highest BCUT2D eigenvalue weighted by atomic mass is 19.1. The van der Waals surface area contributed by atoms with Crippen LogP contribution in [0.5, 0.6) is 0 Å². The molecule has 732 valence electrons. The van der Waals surface area contributed by atoms with Crippen LogP contribution in [0.1, 0.15) is 203 Å². The number of rotatable bonds is 10. The van der Waals surface area contributed by atoms with E-state index in [-0.39, 0.29) is 32.7 Å². The Labute approximate surface area is 866 Å². The van der Waals surface area contributed by atoms with Crippen molar-refractivity contribution in [2.75, 3.05) is 19.6 Å². The van der Waals surface area contributed by atoms with E-state index >= 15 is 17.6 Å². The second-order valence-electron chi connectivity index (χ2n) is 47.0. The molecule has 4 heterocycles. The van der Waals surface area contributed by atoms with Gasteiger partial charge in [-0.25, -0.2) is 17.6 Å². The summed E-state index contributed by atoms with van der Waals surface area (Å²) in [5, 5.41) is 19.6. The molecule has 148 heavy (non-hydrogen) atoms. The van der Waals surface area contributed by atoms with Crippen LogP contribution < -0.4 is 19.6 Å². The molecule has 20 aromatic carbocycles. The molecular formula is C140H124F4N4. The van der Waals surface area contributed by atoms with Crippen molar-refractivity contribution in [2.24, 2.45) is 0 Å². The minimum atomic E-state index is -0.580. The number of anilines is 8. The Balaban J connectivity index is 0.000000146. The maximum Gasteiger partial charge on any atom is 0.128 e. The second kappa shape index (κ2) is 33.5. The summed E-state index contributed by atoms with van der Waals surface area (Å²) in [5.74, 6) is -2.32. The van der Waals surface area contributed by atoms with Crippen LogP contribution in [-0.4, -0.2) is 22.2 Å². The third-order valence-corrected chi connectivity index (χ3v) is 38.9. The molecule has 0 radical (unpaired) electrons. The monoisotopic (exact) mass is 1940 g/mol. The Morgan fingerprint density at radius 3 is 0.703 bits per heavy atom. The van der Waals surface area contributed by atoms with E-state index in [0.717, 1.165) is 135 Å². The van der Waals surface area contributed by atoms with Crippen molar-refractivity contribution in [1.29, 1.82) is 0 Å². The van der Waals surface area contributed by atoms with Gasteiger partial charge in [-0.15, -0.1) is 0 Å². The Morgan fingerprint density at radius 2 is 0.426 bits per heavy atom. The molecule has 4 aliphatic carbocycles. The van der Waals surface area contributed by atoms with E-state index < -0.39 is 34.3 Å². The molecule has 8 aliphatic rings. The van der Waals surface area contributed by atoms with E-state index in [4.69, 9.17) is 0 Å². The van der Waals surface area contributed by atoms with Crippen molar-refractivity contribution in [3.63, 3.8) is 0 Å². The maximum atomic E-state index is 15.2. The third-order valence-electron chi connectivity index (χ3n) is 38.9. The van der Waals surface area contributed by atoms with Gasteiger partial charge in [0.15, 0.2) is 0 Å². The van der Waals surface area contributed by atoms with Crippen molar-refractivity contribution in [3.8, 4) is 66.8 Å². The van der Waals surface area contributed by atoms with E-state index in [9.17, 15) is 0 Å². The zero-order chi connectivity index (χ0) is 101. The van der Waals surface area contributed by atoms with Crippen molar-refractivity contribution < 1.29 is 17.6 Å². The first-order valence-electron chi connectivity index (χ1n) is 54.2. The highest BCUT2D eigenvalue weighted by Crippen LogP contribution is 2.69. The maximum absolute atomic E-state index is 15.2. The van der Waals surface area contributed by atoms with Crippen LogP contribution in [0, 0.1) is 51.0 Å².